The van der Waals surface area contributed by atoms with Gasteiger partial charge < -0.3 is 9.64 Å². The van der Waals surface area contributed by atoms with Gasteiger partial charge >= 0.3 is 0 Å². The number of anilines is 1. The van der Waals surface area contributed by atoms with Crippen LogP contribution in [0.25, 0.3) is 0 Å². The Morgan fingerprint density at radius 3 is 2.16 bits per heavy atom. The van der Waals surface area contributed by atoms with E-state index in [1.165, 1.54) is 4.31 Å². The van der Waals surface area contributed by atoms with Crippen molar-refractivity contribution >= 4 is 16.0 Å². The van der Waals surface area contributed by atoms with Crippen molar-refractivity contribution in [3.63, 3.8) is 0 Å². The average Bonchev–Trinajstić information content (AvgIpc) is 2.62. The van der Waals surface area contributed by atoms with Gasteiger partial charge in [0.15, 0.2) is 0 Å². The fraction of sp³-hybridized carbons (Fsp3) is 0.412. The van der Waals surface area contributed by atoms with E-state index >= 15 is 0 Å². The third kappa shape index (κ3) is 4.08. The van der Waals surface area contributed by atoms with E-state index in [2.05, 4.69) is 9.97 Å². The van der Waals surface area contributed by atoms with Crippen LogP contribution >= 0.6 is 0 Å². The molecule has 0 saturated carbocycles. The summed E-state index contributed by atoms with van der Waals surface area (Å²) in [5.41, 5.74) is 0. The molecule has 2 heterocycles. The van der Waals surface area contributed by atoms with E-state index in [0.717, 1.165) is 0 Å². The Labute approximate surface area is 148 Å². The van der Waals surface area contributed by atoms with Gasteiger partial charge in [0.05, 0.1) is 11.0 Å². The highest BCUT2D eigenvalue weighted by atomic mass is 32.2. The van der Waals surface area contributed by atoms with Crippen molar-refractivity contribution in [3.05, 3.63) is 42.7 Å². The number of rotatable bonds is 5. The summed E-state index contributed by atoms with van der Waals surface area (Å²) in [5.74, 6) is 1.30. The number of piperazine rings is 1. The number of ether oxygens (including phenoxy) is 1. The number of benzene rings is 1. The zero-order valence-electron chi connectivity index (χ0n) is 14.4. The fourth-order valence-electron chi connectivity index (χ4n) is 2.69. The number of nitrogens with zero attached hydrogens (tertiary/aromatic N) is 4. The van der Waals surface area contributed by atoms with E-state index < -0.39 is 10.0 Å². The van der Waals surface area contributed by atoms with Crippen LogP contribution in [0.5, 0.6) is 5.75 Å². The SMILES string of the molecule is CC(C)Oc1ccc(S(=O)(=O)N2CCN(c3ncccn3)CC2)cc1. The Morgan fingerprint density at radius 2 is 1.60 bits per heavy atom. The van der Waals surface area contributed by atoms with Crippen molar-refractivity contribution in [2.24, 2.45) is 0 Å². The number of hydrogen-bond donors (Lipinski definition) is 0. The Bertz CT molecular complexity index is 786. The Hall–Kier alpha value is -2.19. The minimum atomic E-state index is -3.50. The van der Waals surface area contributed by atoms with Crippen LogP contribution in [0.4, 0.5) is 5.95 Å². The lowest BCUT2D eigenvalue weighted by Crippen LogP contribution is -2.49. The molecule has 1 aliphatic rings. The molecular formula is C17H22N4O3S. The highest BCUT2D eigenvalue weighted by molar-refractivity contribution is 7.89. The highest BCUT2D eigenvalue weighted by Crippen LogP contribution is 2.22. The zero-order valence-corrected chi connectivity index (χ0v) is 15.2. The predicted molar refractivity (Wildman–Crippen MR) is 95.2 cm³/mol. The molecule has 2 aromatic rings. The van der Waals surface area contributed by atoms with Gasteiger partial charge in [-0.1, -0.05) is 0 Å². The molecule has 1 aromatic heterocycles. The van der Waals surface area contributed by atoms with Crippen LogP contribution in [0.15, 0.2) is 47.6 Å². The molecule has 0 radical (unpaired) electrons. The summed E-state index contributed by atoms with van der Waals surface area (Å²) in [6, 6.07) is 8.35. The third-order valence-corrected chi connectivity index (χ3v) is 5.82. The maximum Gasteiger partial charge on any atom is 0.243 e. The van der Waals surface area contributed by atoms with Crippen LogP contribution < -0.4 is 9.64 Å². The van der Waals surface area contributed by atoms with E-state index in [-0.39, 0.29) is 11.0 Å². The van der Waals surface area contributed by atoms with Crippen molar-refractivity contribution < 1.29 is 13.2 Å². The number of aromatic nitrogens is 2. The highest BCUT2D eigenvalue weighted by Gasteiger charge is 2.29. The molecule has 1 fully saturated rings. The van der Waals surface area contributed by atoms with Gasteiger partial charge in [0.2, 0.25) is 16.0 Å². The molecule has 8 heteroatoms. The van der Waals surface area contributed by atoms with E-state index in [9.17, 15) is 8.42 Å². The van der Waals surface area contributed by atoms with E-state index in [4.69, 9.17) is 4.74 Å². The van der Waals surface area contributed by atoms with Crippen LogP contribution in [0.2, 0.25) is 0 Å². The number of sulfonamides is 1. The van der Waals surface area contributed by atoms with Gasteiger partial charge in [-0.2, -0.15) is 4.31 Å². The molecule has 0 amide bonds. The third-order valence-electron chi connectivity index (χ3n) is 3.91. The van der Waals surface area contributed by atoms with E-state index in [1.807, 2.05) is 18.7 Å². The first-order valence-electron chi connectivity index (χ1n) is 8.25. The van der Waals surface area contributed by atoms with Crippen molar-refractivity contribution in [1.82, 2.24) is 14.3 Å². The second-order valence-corrected chi connectivity index (χ2v) is 8.02. The topological polar surface area (TPSA) is 75.6 Å². The minimum Gasteiger partial charge on any atom is -0.491 e. The molecule has 0 atom stereocenters. The molecule has 0 bridgehead atoms. The quantitative estimate of drug-likeness (QED) is 0.807. The molecule has 7 nitrogen and oxygen atoms in total. The molecule has 3 rings (SSSR count). The van der Waals surface area contributed by atoms with Crippen molar-refractivity contribution in [3.8, 4) is 5.75 Å². The van der Waals surface area contributed by atoms with Crippen LogP contribution in [0.3, 0.4) is 0 Å². The Morgan fingerprint density at radius 1 is 1.00 bits per heavy atom. The first kappa shape index (κ1) is 17.6. The van der Waals surface area contributed by atoms with Crippen molar-refractivity contribution in [1.29, 1.82) is 0 Å². The van der Waals surface area contributed by atoms with Gasteiger partial charge in [-0.05, 0) is 44.2 Å². The summed E-state index contributed by atoms with van der Waals surface area (Å²) in [5, 5.41) is 0. The van der Waals surface area contributed by atoms with Crippen molar-refractivity contribution in [2.45, 2.75) is 24.8 Å². The van der Waals surface area contributed by atoms with Crippen LogP contribution in [0.1, 0.15) is 13.8 Å². The summed E-state index contributed by atoms with van der Waals surface area (Å²) < 4.78 is 32.7. The van der Waals surface area contributed by atoms with Crippen molar-refractivity contribution in [2.75, 3.05) is 31.1 Å². The largest absolute Gasteiger partial charge is 0.491 e. The second-order valence-electron chi connectivity index (χ2n) is 6.08. The maximum absolute atomic E-state index is 12.8. The standard InChI is InChI=1S/C17H22N4O3S/c1-14(2)24-15-4-6-16(7-5-15)25(22,23)21-12-10-20(11-13-21)17-18-8-3-9-19-17/h3-9,14H,10-13H2,1-2H3. The molecule has 1 aliphatic heterocycles. The first-order valence-corrected chi connectivity index (χ1v) is 9.69. The molecule has 0 unspecified atom stereocenters. The fourth-order valence-corrected chi connectivity index (χ4v) is 4.12. The summed E-state index contributed by atoms with van der Waals surface area (Å²) in [6.07, 6.45) is 3.43. The van der Waals surface area contributed by atoms with Gasteiger partial charge in [0.1, 0.15) is 5.75 Å². The van der Waals surface area contributed by atoms with Gasteiger partial charge in [-0.25, -0.2) is 18.4 Å². The zero-order chi connectivity index (χ0) is 17.9. The second kappa shape index (κ2) is 7.37. The molecule has 134 valence electrons. The molecule has 1 aromatic carbocycles. The van der Waals surface area contributed by atoms with Crippen LogP contribution in [-0.2, 0) is 10.0 Å². The summed E-state index contributed by atoms with van der Waals surface area (Å²) in [6.45, 7) is 5.81. The minimum absolute atomic E-state index is 0.0516. The summed E-state index contributed by atoms with van der Waals surface area (Å²) >= 11 is 0. The summed E-state index contributed by atoms with van der Waals surface area (Å²) in [7, 11) is -3.50. The summed E-state index contributed by atoms with van der Waals surface area (Å²) in [4.78, 5) is 10.7. The first-order chi connectivity index (χ1) is 12.0. The molecular weight excluding hydrogens is 340 g/mol. The molecule has 0 spiro atoms. The van der Waals surface area contributed by atoms with E-state index in [1.54, 1.807) is 42.7 Å². The molecule has 0 aliphatic carbocycles. The van der Waals surface area contributed by atoms with Crippen LogP contribution in [-0.4, -0.2) is 55.0 Å². The molecule has 1 saturated heterocycles. The van der Waals surface area contributed by atoms with Gasteiger partial charge in [0, 0.05) is 38.6 Å². The normalized spacial score (nSPS) is 16.2. The smallest absolute Gasteiger partial charge is 0.243 e. The van der Waals surface area contributed by atoms with Crippen LogP contribution in [0, 0.1) is 0 Å². The molecule has 25 heavy (non-hydrogen) atoms. The monoisotopic (exact) mass is 362 g/mol. The van der Waals surface area contributed by atoms with Gasteiger partial charge in [0.25, 0.3) is 0 Å². The Balaban J connectivity index is 1.67. The number of hydrogen-bond acceptors (Lipinski definition) is 6. The predicted octanol–water partition coefficient (Wildman–Crippen LogP) is 1.77. The lowest BCUT2D eigenvalue weighted by atomic mass is 10.3. The van der Waals surface area contributed by atoms with E-state index in [0.29, 0.717) is 37.9 Å². The maximum atomic E-state index is 12.8. The van der Waals surface area contributed by atoms with Gasteiger partial charge in [-0.15, -0.1) is 0 Å². The average molecular weight is 362 g/mol. The van der Waals surface area contributed by atoms with Gasteiger partial charge in [-0.3, -0.25) is 0 Å². The Kier molecular flexibility index (Phi) is 5.19. The molecule has 0 N–H and O–H groups in total. The lowest BCUT2D eigenvalue weighted by molar-refractivity contribution is 0.242. The lowest BCUT2D eigenvalue weighted by Gasteiger charge is -2.33.